The third-order valence-electron chi connectivity index (χ3n) is 2.42. The molecule has 0 heterocycles. The van der Waals surface area contributed by atoms with Crippen LogP contribution in [0.15, 0.2) is 36.4 Å². The van der Waals surface area contributed by atoms with Gasteiger partial charge in [0.1, 0.15) is 0 Å². The minimum absolute atomic E-state index is 0.155. The molecule has 0 aromatic heterocycles. The van der Waals surface area contributed by atoms with Crippen molar-refractivity contribution in [2.24, 2.45) is 0 Å². The van der Waals surface area contributed by atoms with Gasteiger partial charge < -0.3 is 4.74 Å². The second-order valence-corrected chi connectivity index (χ2v) is 3.58. The lowest BCUT2D eigenvalue weighted by molar-refractivity contribution is -0.140. The molecule has 0 fully saturated rings. The Morgan fingerprint density at radius 1 is 1.25 bits per heavy atom. The van der Waals surface area contributed by atoms with E-state index in [1.807, 2.05) is 18.2 Å². The number of esters is 1. The van der Waals surface area contributed by atoms with Crippen LogP contribution in [0.3, 0.4) is 0 Å². The molecule has 0 N–H and O–H groups in total. The monoisotopic (exact) mass is 218 g/mol. The average molecular weight is 218 g/mol. The van der Waals surface area contributed by atoms with E-state index in [4.69, 9.17) is 0 Å². The highest BCUT2D eigenvalue weighted by Crippen LogP contribution is 2.20. The highest BCUT2D eigenvalue weighted by atomic mass is 16.5. The highest BCUT2D eigenvalue weighted by Gasteiger charge is 2.05. The Labute approximate surface area is 96.9 Å². The SMILES string of the molecule is CC/C=C(/CCC(=O)OC)c1ccccc1. The lowest BCUT2D eigenvalue weighted by Crippen LogP contribution is -2.00. The number of ether oxygens (including phenoxy) is 1. The molecule has 0 unspecified atom stereocenters. The molecule has 2 nitrogen and oxygen atoms in total. The van der Waals surface area contributed by atoms with Gasteiger partial charge in [-0.05, 0) is 24.0 Å². The Balaban J connectivity index is 2.70. The molecular formula is C14H18O2. The van der Waals surface area contributed by atoms with Crippen LogP contribution in [0.4, 0.5) is 0 Å². The van der Waals surface area contributed by atoms with E-state index in [9.17, 15) is 4.79 Å². The third kappa shape index (κ3) is 3.89. The fourth-order valence-corrected chi connectivity index (χ4v) is 1.60. The molecule has 0 amide bonds. The zero-order valence-corrected chi connectivity index (χ0v) is 9.90. The fourth-order valence-electron chi connectivity index (χ4n) is 1.60. The van der Waals surface area contributed by atoms with Crippen molar-refractivity contribution in [2.45, 2.75) is 26.2 Å². The van der Waals surface area contributed by atoms with Crippen LogP contribution in [-0.2, 0) is 9.53 Å². The molecule has 0 spiro atoms. The molecular weight excluding hydrogens is 200 g/mol. The number of allylic oxidation sites excluding steroid dienone is 2. The van der Waals surface area contributed by atoms with Gasteiger partial charge in [0.25, 0.3) is 0 Å². The molecule has 2 heteroatoms. The first kappa shape index (κ1) is 12.5. The zero-order chi connectivity index (χ0) is 11.8. The molecule has 0 atom stereocenters. The topological polar surface area (TPSA) is 26.3 Å². The van der Waals surface area contributed by atoms with E-state index in [1.54, 1.807) is 0 Å². The summed E-state index contributed by atoms with van der Waals surface area (Å²) in [5, 5.41) is 0. The smallest absolute Gasteiger partial charge is 0.305 e. The molecule has 0 bridgehead atoms. The summed E-state index contributed by atoms with van der Waals surface area (Å²) >= 11 is 0. The van der Waals surface area contributed by atoms with Crippen molar-refractivity contribution in [1.82, 2.24) is 0 Å². The Bertz CT molecular complexity index is 352. The second-order valence-electron chi connectivity index (χ2n) is 3.58. The maximum Gasteiger partial charge on any atom is 0.305 e. The molecule has 1 aromatic carbocycles. The lowest BCUT2D eigenvalue weighted by Gasteiger charge is -2.06. The quantitative estimate of drug-likeness (QED) is 0.708. The van der Waals surface area contributed by atoms with Crippen LogP contribution in [-0.4, -0.2) is 13.1 Å². The number of carbonyl (C=O) groups is 1. The van der Waals surface area contributed by atoms with Crippen LogP contribution in [0.2, 0.25) is 0 Å². The van der Waals surface area contributed by atoms with E-state index in [1.165, 1.54) is 18.2 Å². The van der Waals surface area contributed by atoms with Gasteiger partial charge in [-0.1, -0.05) is 43.3 Å². The molecule has 0 saturated carbocycles. The number of benzene rings is 1. The molecule has 0 aliphatic carbocycles. The van der Waals surface area contributed by atoms with Crippen LogP contribution >= 0.6 is 0 Å². The Morgan fingerprint density at radius 2 is 1.94 bits per heavy atom. The zero-order valence-electron chi connectivity index (χ0n) is 9.90. The second kappa shape index (κ2) is 6.83. The van der Waals surface area contributed by atoms with E-state index in [2.05, 4.69) is 29.9 Å². The average Bonchev–Trinajstić information content (AvgIpc) is 2.35. The van der Waals surface area contributed by atoms with Gasteiger partial charge in [0.15, 0.2) is 0 Å². The van der Waals surface area contributed by atoms with Gasteiger partial charge in [0.05, 0.1) is 7.11 Å². The minimum Gasteiger partial charge on any atom is -0.469 e. The summed E-state index contributed by atoms with van der Waals surface area (Å²) in [6, 6.07) is 10.2. The highest BCUT2D eigenvalue weighted by molar-refractivity contribution is 5.74. The van der Waals surface area contributed by atoms with Crippen LogP contribution in [0, 0.1) is 0 Å². The molecule has 0 aliphatic rings. The fraction of sp³-hybridized carbons (Fsp3) is 0.357. The van der Waals surface area contributed by atoms with Crippen molar-refractivity contribution in [2.75, 3.05) is 7.11 Å². The standard InChI is InChI=1S/C14H18O2/c1-3-7-12(10-11-14(15)16-2)13-8-5-4-6-9-13/h4-9H,3,10-11H2,1-2H3/b12-7-. The molecule has 16 heavy (non-hydrogen) atoms. The normalized spacial score (nSPS) is 11.2. The first-order valence-electron chi connectivity index (χ1n) is 5.59. The lowest BCUT2D eigenvalue weighted by atomic mass is 10.0. The van der Waals surface area contributed by atoms with Gasteiger partial charge in [-0.15, -0.1) is 0 Å². The number of rotatable bonds is 5. The summed E-state index contributed by atoms with van der Waals surface area (Å²) in [7, 11) is 1.42. The number of hydrogen-bond acceptors (Lipinski definition) is 2. The number of hydrogen-bond donors (Lipinski definition) is 0. The maximum atomic E-state index is 11.1. The molecule has 1 aromatic rings. The van der Waals surface area contributed by atoms with Gasteiger partial charge in [0.2, 0.25) is 0 Å². The number of methoxy groups -OCH3 is 1. The Kier molecular flexibility index (Phi) is 5.34. The van der Waals surface area contributed by atoms with Crippen LogP contribution < -0.4 is 0 Å². The summed E-state index contributed by atoms with van der Waals surface area (Å²) < 4.78 is 4.65. The number of carbonyl (C=O) groups excluding carboxylic acids is 1. The van der Waals surface area contributed by atoms with Crippen molar-refractivity contribution in [1.29, 1.82) is 0 Å². The predicted molar refractivity (Wildman–Crippen MR) is 66.0 cm³/mol. The van der Waals surface area contributed by atoms with Gasteiger partial charge in [0, 0.05) is 6.42 Å². The van der Waals surface area contributed by atoms with Crippen molar-refractivity contribution in [3.63, 3.8) is 0 Å². The maximum absolute atomic E-state index is 11.1. The van der Waals surface area contributed by atoms with Gasteiger partial charge in [-0.25, -0.2) is 0 Å². The van der Waals surface area contributed by atoms with Gasteiger partial charge >= 0.3 is 5.97 Å². The van der Waals surface area contributed by atoms with Crippen molar-refractivity contribution in [3.8, 4) is 0 Å². The van der Waals surface area contributed by atoms with Crippen LogP contribution in [0.5, 0.6) is 0 Å². The van der Waals surface area contributed by atoms with Crippen molar-refractivity contribution >= 4 is 11.5 Å². The first-order chi connectivity index (χ1) is 7.77. The first-order valence-corrected chi connectivity index (χ1v) is 5.59. The molecule has 1 rings (SSSR count). The summed E-state index contributed by atoms with van der Waals surface area (Å²) in [6.45, 7) is 2.10. The largest absolute Gasteiger partial charge is 0.469 e. The van der Waals surface area contributed by atoms with Gasteiger partial charge in [-0.2, -0.15) is 0 Å². The summed E-state index contributed by atoms with van der Waals surface area (Å²) in [5.41, 5.74) is 2.40. The van der Waals surface area contributed by atoms with Crippen molar-refractivity contribution < 1.29 is 9.53 Å². The molecule has 86 valence electrons. The van der Waals surface area contributed by atoms with E-state index in [0.29, 0.717) is 6.42 Å². The van der Waals surface area contributed by atoms with Crippen molar-refractivity contribution in [3.05, 3.63) is 42.0 Å². The van der Waals surface area contributed by atoms with Crippen LogP contribution in [0.1, 0.15) is 31.7 Å². The molecule has 0 radical (unpaired) electrons. The van der Waals surface area contributed by atoms with E-state index >= 15 is 0 Å². The molecule has 0 aliphatic heterocycles. The Hall–Kier alpha value is -1.57. The van der Waals surface area contributed by atoms with E-state index in [-0.39, 0.29) is 5.97 Å². The molecule has 0 saturated heterocycles. The Morgan fingerprint density at radius 3 is 2.50 bits per heavy atom. The minimum atomic E-state index is -0.155. The summed E-state index contributed by atoms with van der Waals surface area (Å²) in [6.07, 6.45) is 4.32. The van der Waals surface area contributed by atoms with E-state index < -0.39 is 0 Å². The summed E-state index contributed by atoms with van der Waals surface area (Å²) in [4.78, 5) is 11.1. The summed E-state index contributed by atoms with van der Waals surface area (Å²) in [5.74, 6) is -0.155. The van der Waals surface area contributed by atoms with Crippen LogP contribution in [0.25, 0.3) is 5.57 Å². The third-order valence-corrected chi connectivity index (χ3v) is 2.42. The van der Waals surface area contributed by atoms with E-state index in [0.717, 1.165) is 12.8 Å². The predicted octanol–water partition coefficient (Wildman–Crippen LogP) is 3.43. The van der Waals surface area contributed by atoms with Gasteiger partial charge in [-0.3, -0.25) is 4.79 Å².